The lowest BCUT2D eigenvalue weighted by molar-refractivity contribution is -0.118. The average Bonchev–Trinajstić information content (AvgIpc) is 3.05. The van der Waals surface area contributed by atoms with Crippen molar-refractivity contribution in [3.05, 3.63) is 47.5 Å². The van der Waals surface area contributed by atoms with Gasteiger partial charge in [-0.2, -0.15) is 0 Å². The second-order valence-electron chi connectivity index (χ2n) is 5.48. The summed E-state index contributed by atoms with van der Waals surface area (Å²) >= 11 is 7.33. The SMILES string of the molecule is CCOCCOc1ccc(OCC(=O)Nc2nc3ccc(Cl)cc3s2)cc1. The predicted molar refractivity (Wildman–Crippen MR) is 107 cm³/mol. The molecule has 0 atom stereocenters. The fourth-order valence-corrected chi connectivity index (χ4v) is 3.41. The first kappa shape index (κ1) is 19.4. The lowest BCUT2D eigenvalue weighted by atomic mass is 10.3. The second-order valence-corrected chi connectivity index (χ2v) is 6.95. The molecule has 0 saturated carbocycles. The van der Waals surface area contributed by atoms with Crippen LogP contribution >= 0.6 is 22.9 Å². The number of nitrogens with zero attached hydrogens (tertiary/aromatic N) is 1. The second kappa shape index (κ2) is 9.55. The number of hydrogen-bond donors (Lipinski definition) is 1. The number of aromatic nitrogens is 1. The zero-order valence-corrected chi connectivity index (χ0v) is 16.3. The molecule has 8 heteroatoms. The molecule has 0 bridgehead atoms. The number of thiazole rings is 1. The van der Waals surface area contributed by atoms with Crippen molar-refractivity contribution in [1.29, 1.82) is 0 Å². The monoisotopic (exact) mass is 406 g/mol. The fourth-order valence-electron chi connectivity index (χ4n) is 2.25. The average molecular weight is 407 g/mol. The molecule has 0 aliphatic heterocycles. The molecule has 2 aromatic carbocycles. The van der Waals surface area contributed by atoms with Crippen molar-refractivity contribution in [2.24, 2.45) is 0 Å². The van der Waals surface area contributed by atoms with Crippen LogP contribution in [0.4, 0.5) is 5.13 Å². The number of halogens is 1. The van der Waals surface area contributed by atoms with Gasteiger partial charge in [0, 0.05) is 11.6 Å². The van der Waals surface area contributed by atoms with Crippen molar-refractivity contribution in [3.8, 4) is 11.5 Å². The Labute approximate surface area is 166 Å². The van der Waals surface area contributed by atoms with E-state index in [0.717, 1.165) is 16.0 Å². The number of benzene rings is 2. The van der Waals surface area contributed by atoms with Crippen LogP contribution in [0.5, 0.6) is 11.5 Å². The molecule has 1 aromatic heterocycles. The van der Waals surface area contributed by atoms with Crippen molar-refractivity contribution >= 4 is 44.2 Å². The highest BCUT2D eigenvalue weighted by Gasteiger charge is 2.09. The first-order valence-electron chi connectivity index (χ1n) is 8.43. The normalized spacial score (nSPS) is 10.7. The van der Waals surface area contributed by atoms with E-state index in [1.807, 2.05) is 19.1 Å². The zero-order chi connectivity index (χ0) is 19.1. The number of fused-ring (bicyclic) bond motifs is 1. The van der Waals surface area contributed by atoms with E-state index in [1.165, 1.54) is 11.3 Å². The van der Waals surface area contributed by atoms with Gasteiger partial charge in [-0.3, -0.25) is 10.1 Å². The van der Waals surface area contributed by atoms with Gasteiger partial charge in [-0.15, -0.1) is 0 Å². The zero-order valence-electron chi connectivity index (χ0n) is 14.7. The molecular formula is C19H19ClN2O4S. The van der Waals surface area contributed by atoms with Crippen LogP contribution in [-0.2, 0) is 9.53 Å². The van der Waals surface area contributed by atoms with Crippen LogP contribution in [0.3, 0.4) is 0 Å². The maximum Gasteiger partial charge on any atom is 0.264 e. The Bertz CT molecular complexity index is 898. The Morgan fingerprint density at radius 1 is 1.11 bits per heavy atom. The number of nitrogens with one attached hydrogen (secondary N) is 1. The van der Waals surface area contributed by atoms with Crippen LogP contribution in [-0.4, -0.2) is 37.3 Å². The highest BCUT2D eigenvalue weighted by atomic mass is 35.5. The lowest BCUT2D eigenvalue weighted by Crippen LogP contribution is -2.19. The molecule has 0 spiro atoms. The van der Waals surface area contributed by atoms with E-state index in [0.29, 0.717) is 35.7 Å². The Morgan fingerprint density at radius 3 is 2.59 bits per heavy atom. The molecule has 3 rings (SSSR count). The summed E-state index contributed by atoms with van der Waals surface area (Å²) in [6.45, 7) is 3.54. The van der Waals surface area contributed by atoms with Crippen LogP contribution in [0, 0.1) is 0 Å². The summed E-state index contributed by atoms with van der Waals surface area (Å²) < 4.78 is 17.2. The van der Waals surface area contributed by atoms with E-state index < -0.39 is 0 Å². The highest BCUT2D eigenvalue weighted by molar-refractivity contribution is 7.22. The summed E-state index contributed by atoms with van der Waals surface area (Å²) in [6.07, 6.45) is 0. The van der Waals surface area contributed by atoms with Crippen LogP contribution < -0.4 is 14.8 Å². The van der Waals surface area contributed by atoms with E-state index in [4.69, 9.17) is 25.8 Å². The molecule has 0 radical (unpaired) electrons. The summed E-state index contributed by atoms with van der Waals surface area (Å²) in [5.41, 5.74) is 0.792. The van der Waals surface area contributed by atoms with Gasteiger partial charge in [0.05, 0.1) is 16.8 Å². The Balaban J connectivity index is 1.46. The molecule has 0 aliphatic rings. The molecule has 0 unspecified atom stereocenters. The minimum absolute atomic E-state index is 0.110. The van der Waals surface area contributed by atoms with E-state index in [2.05, 4.69) is 10.3 Å². The Hall–Kier alpha value is -2.35. The molecule has 3 aromatic rings. The van der Waals surface area contributed by atoms with E-state index in [-0.39, 0.29) is 12.5 Å². The maximum atomic E-state index is 12.1. The molecule has 142 valence electrons. The Kier molecular flexibility index (Phi) is 6.86. The topological polar surface area (TPSA) is 69.7 Å². The lowest BCUT2D eigenvalue weighted by Gasteiger charge is -2.08. The van der Waals surface area contributed by atoms with Crippen molar-refractivity contribution < 1.29 is 19.0 Å². The largest absolute Gasteiger partial charge is 0.491 e. The molecule has 0 saturated heterocycles. The summed E-state index contributed by atoms with van der Waals surface area (Å²) in [7, 11) is 0. The van der Waals surface area contributed by atoms with Gasteiger partial charge in [0.2, 0.25) is 0 Å². The number of carbonyl (C=O) groups is 1. The summed E-state index contributed by atoms with van der Waals surface area (Å²) in [5, 5.41) is 3.88. The quantitative estimate of drug-likeness (QED) is 0.534. The molecule has 6 nitrogen and oxygen atoms in total. The molecule has 0 aliphatic carbocycles. The first-order chi connectivity index (χ1) is 13.1. The number of anilines is 1. The van der Waals surface area contributed by atoms with Gasteiger partial charge >= 0.3 is 0 Å². The third-order valence-electron chi connectivity index (χ3n) is 3.49. The molecule has 0 fully saturated rings. The number of rotatable bonds is 9. The first-order valence-corrected chi connectivity index (χ1v) is 9.63. The molecular weight excluding hydrogens is 388 g/mol. The minimum Gasteiger partial charge on any atom is -0.491 e. The van der Waals surface area contributed by atoms with Gasteiger partial charge < -0.3 is 14.2 Å². The summed E-state index contributed by atoms with van der Waals surface area (Å²) in [4.78, 5) is 16.4. The number of ether oxygens (including phenoxy) is 3. The van der Waals surface area contributed by atoms with E-state index in [9.17, 15) is 4.79 Å². The minimum atomic E-state index is -0.280. The molecule has 1 N–H and O–H groups in total. The van der Waals surface area contributed by atoms with Gasteiger partial charge in [0.1, 0.15) is 18.1 Å². The van der Waals surface area contributed by atoms with Crippen molar-refractivity contribution in [2.75, 3.05) is 31.7 Å². The van der Waals surface area contributed by atoms with E-state index >= 15 is 0 Å². The third kappa shape index (κ3) is 5.82. The van der Waals surface area contributed by atoms with Crippen LogP contribution in [0.25, 0.3) is 10.2 Å². The molecule has 27 heavy (non-hydrogen) atoms. The van der Waals surface area contributed by atoms with Crippen molar-refractivity contribution in [2.45, 2.75) is 6.92 Å². The third-order valence-corrected chi connectivity index (χ3v) is 4.66. The van der Waals surface area contributed by atoms with E-state index in [1.54, 1.807) is 30.3 Å². The van der Waals surface area contributed by atoms with Crippen molar-refractivity contribution in [1.82, 2.24) is 4.98 Å². The smallest absolute Gasteiger partial charge is 0.264 e. The van der Waals surface area contributed by atoms with Gasteiger partial charge in [0.15, 0.2) is 11.7 Å². The number of carbonyl (C=O) groups excluding carboxylic acids is 1. The molecule has 1 amide bonds. The van der Waals surface area contributed by atoms with Gasteiger partial charge in [-0.05, 0) is 49.4 Å². The predicted octanol–water partition coefficient (Wildman–Crippen LogP) is 4.38. The van der Waals surface area contributed by atoms with Gasteiger partial charge in [-0.1, -0.05) is 22.9 Å². The summed E-state index contributed by atoms with van der Waals surface area (Å²) in [6, 6.07) is 12.5. The maximum absolute atomic E-state index is 12.1. The van der Waals surface area contributed by atoms with Gasteiger partial charge in [0.25, 0.3) is 5.91 Å². The van der Waals surface area contributed by atoms with Gasteiger partial charge in [-0.25, -0.2) is 4.98 Å². The molecule has 1 heterocycles. The fraction of sp³-hybridized carbons (Fsp3) is 0.263. The Morgan fingerprint density at radius 2 is 1.85 bits per heavy atom. The number of hydrogen-bond acceptors (Lipinski definition) is 6. The number of amides is 1. The standard InChI is InChI=1S/C19H19ClN2O4S/c1-2-24-9-10-25-14-4-6-15(7-5-14)26-12-18(23)22-19-21-16-8-3-13(20)11-17(16)27-19/h3-8,11H,2,9-10,12H2,1H3,(H,21,22,23). The van der Waals surface area contributed by atoms with Crippen LogP contribution in [0.2, 0.25) is 5.02 Å². The highest BCUT2D eigenvalue weighted by Crippen LogP contribution is 2.28. The van der Waals surface area contributed by atoms with Crippen LogP contribution in [0.1, 0.15) is 6.92 Å². The van der Waals surface area contributed by atoms with Crippen LogP contribution in [0.15, 0.2) is 42.5 Å². The van der Waals surface area contributed by atoms with Crippen molar-refractivity contribution in [3.63, 3.8) is 0 Å². The summed E-state index contributed by atoms with van der Waals surface area (Å²) in [5.74, 6) is 1.02.